The van der Waals surface area contributed by atoms with Crippen molar-refractivity contribution in [3.05, 3.63) is 71.8 Å². The molecule has 10 nitrogen and oxygen atoms in total. The first-order valence-electron chi connectivity index (χ1n) is 12.0. The van der Waals surface area contributed by atoms with Crippen LogP contribution in [-0.4, -0.2) is 55.4 Å². The minimum Gasteiger partial charge on any atom is -0.392 e. The van der Waals surface area contributed by atoms with Crippen molar-refractivity contribution in [3.8, 4) is 0 Å². The lowest BCUT2D eigenvalue weighted by atomic mass is 10.2. The number of nitrogens with one attached hydrogen (secondary N) is 4. The SMILES string of the molecule is CC(O)CNc1nc(NCc2ccccc2)c2nc(NCC(C)O)nc(NCc3ccccc3)c2n1. The smallest absolute Gasteiger partial charge is 0.225 e. The highest BCUT2D eigenvalue weighted by Crippen LogP contribution is 2.28. The van der Waals surface area contributed by atoms with Gasteiger partial charge in [-0.2, -0.15) is 9.97 Å². The van der Waals surface area contributed by atoms with E-state index in [2.05, 4.69) is 41.2 Å². The molecule has 4 rings (SSSR count). The third kappa shape index (κ3) is 7.00. The molecule has 10 heteroatoms. The number of fused-ring (bicyclic) bond motifs is 1. The summed E-state index contributed by atoms with van der Waals surface area (Å²) in [4.78, 5) is 18.6. The lowest BCUT2D eigenvalue weighted by Crippen LogP contribution is -2.19. The topological polar surface area (TPSA) is 140 Å². The molecule has 0 saturated carbocycles. The van der Waals surface area contributed by atoms with E-state index >= 15 is 0 Å². The zero-order valence-electron chi connectivity index (χ0n) is 20.4. The zero-order chi connectivity index (χ0) is 25.3. The fourth-order valence-corrected chi connectivity index (χ4v) is 3.46. The molecule has 2 aromatic heterocycles. The van der Waals surface area contributed by atoms with Gasteiger partial charge in [0.05, 0.1) is 12.2 Å². The van der Waals surface area contributed by atoms with Crippen molar-refractivity contribution >= 4 is 34.6 Å². The van der Waals surface area contributed by atoms with Crippen LogP contribution in [0.4, 0.5) is 23.5 Å². The Balaban J connectivity index is 1.74. The Morgan fingerprint density at radius 3 is 1.33 bits per heavy atom. The summed E-state index contributed by atoms with van der Waals surface area (Å²) in [6.45, 7) is 5.06. The summed E-state index contributed by atoms with van der Waals surface area (Å²) < 4.78 is 0. The Labute approximate surface area is 210 Å². The number of nitrogens with zero attached hydrogens (tertiary/aromatic N) is 4. The van der Waals surface area contributed by atoms with E-state index in [4.69, 9.17) is 0 Å². The summed E-state index contributed by atoms with van der Waals surface area (Å²) in [5.41, 5.74) is 3.25. The largest absolute Gasteiger partial charge is 0.392 e. The molecule has 4 aromatic rings. The second-order valence-electron chi connectivity index (χ2n) is 8.63. The molecule has 2 heterocycles. The van der Waals surface area contributed by atoms with Crippen LogP contribution in [0.25, 0.3) is 11.0 Å². The van der Waals surface area contributed by atoms with Crippen LogP contribution in [0, 0.1) is 0 Å². The van der Waals surface area contributed by atoms with Crippen LogP contribution in [-0.2, 0) is 13.1 Å². The van der Waals surface area contributed by atoms with E-state index in [-0.39, 0.29) is 0 Å². The number of aliphatic hydroxyl groups is 2. The minimum atomic E-state index is -0.566. The molecule has 2 atom stereocenters. The van der Waals surface area contributed by atoms with E-state index in [1.54, 1.807) is 13.8 Å². The third-order valence-corrected chi connectivity index (χ3v) is 5.26. The van der Waals surface area contributed by atoms with Gasteiger partial charge in [0, 0.05) is 26.2 Å². The van der Waals surface area contributed by atoms with Crippen molar-refractivity contribution in [2.24, 2.45) is 0 Å². The van der Waals surface area contributed by atoms with E-state index < -0.39 is 12.2 Å². The highest BCUT2D eigenvalue weighted by atomic mass is 16.3. The van der Waals surface area contributed by atoms with Crippen molar-refractivity contribution < 1.29 is 10.2 Å². The van der Waals surface area contributed by atoms with Crippen LogP contribution in [0.5, 0.6) is 0 Å². The summed E-state index contributed by atoms with van der Waals surface area (Å²) in [5.74, 6) is 1.77. The molecule has 0 spiro atoms. The Morgan fingerprint density at radius 1 is 0.583 bits per heavy atom. The third-order valence-electron chi connectivity index (χ3n) is 5.26. The van der Waals surface area contributed by atoms with Gasteiger partial charge in [-0.15, -0.1) is 0 Å². The molecule has 2 aromatic carbocycles. The summed E-state index contributed by atoms with van der Waals surface area (Å²) in [7, 11) is 0. The Morgan fingerprint density at radius 2 is 0.972 bits per heavy atom. The maximum atomic E-state index is 9.75. The summed E-state index contributed by atoms with van der Waals surface area (Å²) in [5, 5.41) is 32.4. The molecule has 0 aliphatic heterocycles. The lowest BCUT2D eigenvalue weighted by Gasteiger charge is -2.16. The van der Waals surface area contributed by atoms with Gasteiger partial charge in [0.1, 0.15) is 11.0 Å². The highest BCUT2D eigenvalue weighted by molar-refractivity contribution is 5.94. The van der Waals surface area contributed by atoms with Crippen LogP contribution >= 0.6 is 0 Å². The van der Waals surface area contributed by atoms with Crippen molar-refractivity contribution in [1.82, 2.24) is 19.9 Å². The summed E-state index contributed by atoms with van der Waals surface area (Å²) >= 11 is 0. The van der Waals surface area contributed by atoms with Gasteiger partial charge in [0.2, 0.25) is 11.9 Å². The van der Waals surface area contributed by atoms with Crippen molar-refractivity contribution in [3.63, 3.8) is 0 Å². The van der Waals surface area contributed by atoms with E-state index in [9.17, 15) is 10.2 Å². The van der Waals surface area contributed by atoms with Gasteiger partial charge in [-0.25, -0.2) is 9.97 Å². The predicted molar refractivity (Wildman–Crippen MR) is 143 cm³/mol. The number of hydrogen-bond acceptors (Lipinski definition) is 10. The maximum absolute atomic E-state index is 9.75. The molecule has 0 aliphatic carbocycles. The van der Waals surface area contributed by atoms with Gasteiger partial charge >= 0.3 is 0 Å². The van der Waals surface area contributed by atoms with Crippen molar-refractivity contribution in [1.29, 1.82) is 0 Å². The van der Waals surface area contributed by atoms with Gasteiger partial charge in [-0.3, -0.25) is 0 Å². The van der Waals surface area contributed by atoms with Crippen molar-refractivity contribution in [2.45, 2.75) is 39.1 Å². The molecule has 0 amide bonds. The van der Waals surface area contributed by atoms with E-state index in [0.29, 0.717) is 60.7 Å². The van der Waals surface area contributed by atoms with E-state index in [0.717, 1.165) is 11.1 Å². The van der Waals surface area contributed by atoms with Crippen LogP contribution in [0.3, 0.4) is 0 Å². The molecular formula is C26H32N8O2. The average molecular weight is 489 g/mol. The molecule has 0 aliphatic rings. The molecule has 0 bridgehead atoms. The zero-order valence-corrected chi connectivity index (χ0v) is 20.4. The van der Waals surface area contributed by atoms with E-state index in [1.807, 2.05) is 60.7 Å². The average Bonchev–Trinajstić information content (AvgIpc) is 2.89. The molecular weight excluding hydrogens is 456 g/mol. The second kappa shape index (κ2) is 12.1. The van der Waals surface area contributed by atoms with Crippen LogP contribution in [0.15, 0.2) is 60.7 Å². The Hall–Kier alpha value is -4.02. The Bertz CT molecular complexity index is 1150. The van der Waals surface area contributed by atoms with E-state index in [1.165, 1.54) is 0 Å². The normalized spacial score (nSPS) is 12.7. The second-order valence-corrected chi connectivity index (χ2v) is 8.63. The monoisotopic (exact) mass is 488 g/mol. The Kier molecular flexibility index (Phi) is 8.43. The molecule has 2 unspecified atom stereocenters. The first-order chi connectivity index (χ1) is 17.5. The molecule has 36 heavy (non-hydrogen) atoms. The first-order valence-corrected chi connectivity index (χ1v) is 12.0. The van der Waals surface area contributed by atoms with Crippen LogP contribution in [0.1, 0.15) is 25.0 Å². The predicted octanol–water partition coefficient (Wildman–Crippen LogP) is 3.23. The fourth-order valence-electron chi connectivity index (χ4n) is 3.46. The molecule has 0 fully saturated rings. The molecule has 0 radical (unpaired) electrons. The minimum absolute atomic E-state index is 0.297. The summed E-state index contributed by atoms with van der Waals surface area (Å²) in [6, 6.07) is 20.0. The van der Waals surface area contributed by atoms with Gasteiger partial charge in [0.25, 0.3) is 0 Å². The van der Waals surface area contributed by atoms with Crippen LogP contribution < -0.4 is 21.3 Å². The maximum Gasteiger partial charge on any atom is 0.225 e. The van der Waals surface area contributed by atoms with Gasteiger partial charge in [0.15, 0.2) is 11.6 Å². The number of aromatic nitrogens is 4. The molecule has 188 valence electrons. The standard InChI is InChI=1S/C26H32N8O2/c1-17(35)13-29-25-31-21-22(23(33-25)27-15-19-9-5-3-6-10-19)32-26(30-14-18(2)36)34-24(21)28-16-20-11-7-4-8-12-20/h3-12,17-18,35-36H,13-16H2,1-2H3,(H2,27,29,31,33)(H2,28,30,32,34). The number of aliphatic hydroxyl groups excluding tert-OH is 2. The number of hydrogen-bond donors (Lipinski definition) is 6. The number of anilines is 4. The van der Waals surface area contributed by atoms with Gasteiger partial charge in [-0.1, -0.05) is 60.7 Å². The molecule has 6 N–H and O–H groups in total. The van der Waals surface area contributed by atoms with Gasteiger partial charge in [-0.05, 0) is 25.0 Å². The first kappa shape index (κ1) is 25.1. The summed E-state index contributed by atoms with van der Waals surface area (Å²) in [6.07, 6.45) is -1.13. The highest BCUT2D eigenvalue weighted by Gasteiger charge is 2.17. The number of rotatable bonds is 12. The fraction of sp³-hybridized carbons (Fsp3) is 0.308. The molecule has 0 saturated heterocycles. The quantitative estimate of drug-likeness (QED) is 0.176. The van der Waals surface area contributed by atoms with Crippen molar-refractivity contribution in [2.75, 3.05) is 34.4 Å². The lowest BCUT2D eigenvalue weighted by molar-refractivity contribution is 0.207. The van der Waals surface area contributed by atoms with Gasteiger partial charge < -0.3 is 31.5 Å². The number of benzene rings is 2. The van der Waals surface area contributed by atoms with Crippen LogP contribution in [0.2, 0.25) is 0 Å².